The van der Waals surface area contributed by atoms with Gasteiger partial charge >= 0.3 is 5.97 Å². The Labute approximate surface area is 129 Å². The monoisotopic (exact) mass is 328 g/mol. The van der Waals surface area contributed by atoms with E-state index < -0.39 is 15.8 Å². The quantitative estimate of drug-likeness (QED) is 0.726. The third-order valence-electron chi connectivity index (χ3n) is 4.43. The van der Waals surface area contributed by atoms with Crippen molar-refractivity contribution in [1.82, 2.24) is 19.8 Å². The fraction of sp³-hybridized carbons (Fsp3) is 0.692. The lowest BCUT2D eigenvalue weighted by molar-refractivity contribution is -0.137. The second-order valence-corrected chi connectivity index (χ2v) is 8.05. The minimum absolute atomic E-state index is 0.0431. The van der Waals surface area contributed by atoms with Crippen LogP contribution in [0.1, 0.15) is 12.2 Å². The maximum Gasteiger partial charge on any atom is 0.304 e. The maximum atomic E-state index is 12.0. The van der Waals surface area contributed by atoms with Crippen LogP contribution in [0.2, 0.25) is 0 Å². The van der Waals surface area contributed by atoms with E-state index in [1.54, 1.807) is 12.4 Å². The molecule has 3 rings (SSSR count). The number of piperazine rings is 1. The van der Waals surface area contributed by atoms with Crippen LogP contribution in [-0.4, -0.2) is 82.5 Å². The van der Waals surface area contributed by atoms with E-state index in [9.17, 15) is 13.2 Å². The lowest BCUT2D eigenvalue weighted by Gasteiger charge is -2.43. The molecular weight excluding hydrogens is 308 g/mol. The van der Waals surface area contributed by atoms with Crippen LogP contribution in [0.4, 0.5) is 0 Å². The van der Waals surface area contributed by atoms with E-state index in [1.807, 2.05) is 4.90 Å². The zero-order valence-electron chi connectivity index (χ0n) is 12.2. The van der Waals surface area contributed by atoms with Crippen molar-refractivity contribution in [1.29, 1.82) is 0 Å². The predicted molar refractivity (Wildman–Crippen MR) is 79.1 cm³/mol. The number of aromatic nitrogens is 2. The molecule has 0 amide bonds. The number of sulfone groups is 1. The molecule has 0 aliphatic carbocycles. The van der Waals surface area contributed by atoms with Gasteiger partial charge < -0.3 is 10.1 Å². The van der Waals surface area contributed by atoms with Gasteiger partial charge in [0.05, 0.1) is 24.5 Å². The summed E-state index contributed by atoms with van der Waals surface area (Å²) < 4.78 is 24.1. The summed E-state index contributed by atoms with van der Waals surface area (Å²) in [6, 6.07) is -0.203. The molecule has 3 heterocycles. The molecule has 0 saturated carbocycles. The number of carbonyl (C=O) groups is 1. The van der Waals surface area contributed by atoms with Crippen molar-refractivity contribution in [3.05, 3.63) is 18.2 Å². The van der Waals surface area contributed by atoms with Crippen LogP contribution in [-0.2, 0) is 21.2 Å². The number of hydrogen-bond donors (Lipinski definition) is 2. The molecule has 0 bridgehead atoms. The number of nitrogens with zero attached hydrogens (tertiary/aromatic N) is 3. The number of H-pyrrole nitrogens is 1. The number of imidazole rings is 1. The number of rotatable bonds is 5. The highest BCUT2D eigenvalue weighted by atomic mass is 32.2. The van der Waals surface area contributed by atoms with Crippen LogP contribution in [0.3, 0.4) is 0 Å². The highest BCUT2D eigenvalue weighted by Gasteiger charge is 2.46. The van der Waals surface area contributed by atoms with Gasteiger partial charge in [-0.3, -0.25) is 14.6 Å². The van der Waals surface area contributed by atoms with E-state index in [0.29, 0.717) is 19.6 Å². The van der Waals surface area contributed by atoms with E-state index in [4.69, 9.17) is 5.11 Å². The van der Waals surface area contributed by atoms with Crippen LogP contribution in [0.25, 0.3) is 0 Å². The summed E-state index contributed by atoms with van der Waals surface area (Å²) in [6.07, 6.45) is 3.48. The molecule has 1 aromatic rings. The van der Waals surface area contributed by atoms with Gasteiger partial charge in [-0.05, 0) is 0 Å². The molecule has 2 aliphatic rings. The van der Waals surface area contributed by atoms with Gasteiger partial charge in [-0.15, -0.1) is 0 Å². The van der Waals surface area contributed by atoms with Crippen LogP contribution >= 0.6 is 0 Å². The predicted octanol–water partition coefficient (Wildman–Crippen LogP) is -0.832. The van der Waals surface area contributed by atoms with Gasteiger partial charge in [0.2, 0.25) is 0 Å². The Balaban J connectivity index is 1.73. The van der Waals surface area contributed by atoms with Crippen LogP contribution in [0.5, 0.6) is 0 Å². The first kappa shape index (κ1) is 15.4. The van der Waals surface area contributed by atoms with Gasteiger partial charge in [0, 0.05) is 44.1 Å². The molecule has 0 radical (unpaired) electrons. The summed E-state index contributed by atoms with van der Waals surface area (Å²) in [5.74, 6) is 0.228. The van der Waals surface area contributed by atoms with E-state index in [1.165, 1.54) is 0 Å². The molecule has 9 heteroatoms. The van der Waals surface area contributed by atoms with E-state index >= 15 is 0 Å². The number of fused-ring (bicyclic) bond motifs is 1. The maximum absolute atomic E-state index is 12.0. The number of aliphatic carboxylic acids is 1. The fourth-order valence-corrected chi connectivity index (χ4v) is 5.43. The van der Waals surface area contributed by atoms with E-state index in [2.05, 4.69) is 14.9 Å². The zero-order valence-corrected chi connectivity index (χ0v) is 13.0. The van der Waals surface area contributed by atoms with Crippen molar-refractivity contribution in [2.75, 3.05) is 31.1 Å². The molecule has 1 aromatic heterocycles. The standard InChI is InChI=1S/C13H20N4O4S/c18-13(19)1-4-16-5-6-17(7-12-14-2-3-15-12)11-9-22(20,21)8-10(11)16/h2-3,10-11H,1,4-9H2,(H,14,15)(H,18,19)/t10-,11+/m0/s1. The molecule has 22 heavy (non-hydrogen) atoms. The number of hydrogen-bond acceptors (Lipinski definition) is 6. The largest absolute Gasteiger partial charge is 0.481 e. The minimum atomic E-state index is -3.07. The molecule has 2 N–H and O–H groups in total. The number of aromatic amines is 1. The topological polar surface area (TPSA) is 107 Å². The lowest BCUT2D eigenvalue weighted by atomic mass is 10.0. The Morgan fingerprint density at radius 1 is 1.32 bits per heavy atom. The molecule has 2 saturated heterocycles. The minimum Gasteiger partial charge on any atom is -0.481 e. The highest BCUT2D eigenvalue weighted by molar-refractivity contribution is 7.91. The first-order chi connectivity index (χ1) is 10.4. The second-order valence-electron chi connectivity index (χ2n) is 5.90. The van der Waals surface area contributed by atoms with Crippen LogP contribution < -0.4 is 0 Å². The molecule has 0 aromatic carbocycles. The summed E-state index contributed by atoms with van der Waals surface area (Å²) in [5, 5.41) is 8.84. The Morgan fingerprint density at radius 3 is 2.64 bits per heavy atom. The third kappa shape index (κ3) is 3.31. The number of carboxylic acid groups (broad SMARTS) is 1. The third-order valence-corrected chi connectivity index (χ3v) is 6.13. The average Bonchev–Trinajstić information content (AvgIpc) is 3.04. The van der Waals surface area contributed by atoms with Crippen molar-refractivity contribution in [2.45, 2.75) is 25.0 Å². The van der Waals surface area contributed by atoms with Crippen molar-refractivity contribution in [3.63, 3.8) is 0 Å². The SMILES string of the molecule is O=C(O)CCN1CCN(Cc2ncc[nH]2)[C@@H]2CS(=O)(=O)C[C@@H]21. The Bertz CT molecular complexity index is 630. The van der Waals surface area contributed by atoms with E-state index in [0.717, 1.165) is 12.4 Å². The zero-order chi connectivity index (χ0) is 15.7. The first-order valence-electron chi connectivity index (χ1n) is 7.33. The molecule has 2 aliphatic heterocycles. The molecule has 122 valence electrons. The van der Waals surface area contributed by atoms with E-state index in [-0.39, 0.29) is 30.0 Å². The Kier molecular flexibility index (Phi) is 4.20. The molecule has 2 fully saturated rings. The van der Waals surface area contributed by atoms with Gasteiger partial charge in [-0.2, -0.15) is 0 Å². The van der Waals surface area contributed by atoms with Gasteiger partial charge in [0.1, 0.15) is 5.82 Å². The summed E-state index contributed by atoms with van der Waals surface area (Å²) in [5.41, 5.74) is 0. The molecule has 0 spiro atoms. The summed E-state index contributed by atoms with van der Waals surface area (Å²) >= 11 is 0. The average molecular weight is 328 g/mol. The molecule has 2 atom stereocenters. The van der Waals surface area contributed by atoms with Crippen molar-refractivity contribution >= 4 is 15.8 Å². The molecule has 8 nitrogen and oxygen atoms in total. The fourth-order valence-electron chi connectivity index (χ4n) is 3.39. The van der Waals surface area contributed by atoms with Gasteiger partial charge in [-0.1, -0.05) is 0 Å². The highest BCUT2D eigenvalue weighted by Crippen LogP contribution is 2.27. The van der Waals surface area contributed by atoms with Crippen molar-refractivity contribution < 1.29 is 18.3 Å². The van der Waals surface area contributed by atoms with Crippen LogP contribution in [0.15, 0.2) is 12.4 Å². The number of nitrogens with one attached hydrogen (secondary N) is 1. The van der Waals surface area contributed by atoms with Crippen molar-refractivity contribution in [2.24, 2.45) is 0 Å². The summed E-state index contributed by atoms with van der Waals surface area (Å²) in [4.78, 5) is 22.2. The summed E-state index contributed by atoms with van der Waals surface area (Å²) in [7, 11) is -3.07. The lowest BCUT2D eigenvalue weighted by Crippen LogP contribution is -2.59. The smallest absolute Gasteiger partial charge is 0.304 e. The Morgan fingerprint density at radius 2 is 2.00 bits per heavy atom. The second kappa shape index (κ2) is 5.98. The molecule has 0 unspecified atom stereocenters. The summed E-state index contributed by atoms with van der Waals surface area (Å²) in [6.45, 7) is 2.40. The first-order valence-corrected chi connectivity index (χ1v) is 9.15. The van der Waals surface area contributed by atoms with Gasteiger partial charge in [0.15, 0.2) is 9.84 Å². The van der Waals surface area contributed by atoms with Gasteiger partial charge in [-0.25, -0.2) is 13.4 Å². The molecular formula is C13H20N4O4S. The Hall–Kier alpha value is -1.45. The normalized spacial score (nSPS) is 28.5. The van der Waals surface area contributed by atoms with Crippen LogP contribution in [0, 0.1) is 0 Å². The number of carboxylic acids is 1. The van der Waals surface area contributed by atoms with Gasteiger partial charge in [0.25, 0.3) is 0 Å². The van der Waals surface area contributed by atoms with Crippen molar-refractivity contribution in [3.8, 4) is 0 Å².